The van der Waals surface area contributed by atoms with E-state index in [9.17, 15) is 9.59 Å². The van der Waals surface area contributed by atoms with Gasteiger partial charge >= 0.3 is 0 Å². The van der Waals surface area contributed by atoms with Crippen LogP contribution in [0.25, 0.3) is 0 Å². The molecule has 2 saturated heterocycles. The largest absolute Gasteiger partial charge is 0.368 e. The van der Waals surface area contributed by atoms with Gasteiger partial charge in [0.25, 0.3) is 5.91 Å². The van der Waals surface area contributed by atoms with Crippen LogP contribution in [-0.4, -0.2) is 59.0 Å². The molecule has 0 saturated carbocycles. The van der Waals surface area contributed by atoms with Crippen LogP contribution in [0.5, 0.6) is 0 Å². The Bertz CT molecular complexity index is 1010. The molecule has 0 bridgehead atoms. The lowest BCUT2D eigenvalue weighted by molar-refractivity contribution is -0.142. The van der Waals surface area contributed by atoms with E-state index in [1.807, 2.05) is 34.9 Å². The molecule has 3 aliphatic heterocycles. The maximum Gasteiger partial charge on any atom is 0.251 e. The SMILES string of the molecule is Cc1nc(C2CCN(C(=O)C3CCCO3)CC2)nc2c1CC(=O)N2CCCc1ccccc1. The summed E-state index contributed by atoms with van der Waals surface area (Å²) in [5.74, 6) is 2.08. The average molecular weight is 449 g/mol. The van der Waals surface area contributed by atoms with Gasteiger partial charge in [0.1, 0.15) is 17.7 Å². The van der Waals surface area contributed by atoms with E-state index in [0.29, 0.717) is 32.7 Å². The number of carbonyl (C=O) groups excluding carboxylic acids is 2. The van der Waals surface area contributed by atoms with Crippen LogP contribution >= 0.6 is 0 Å². The summed E-state index contributed by atoms with van der Waals surface area (Å²) in [7, 11) is 0. The topological polar surface area (TPSA) is 75.6 Å². The number of likely N-dealkylation sites (tertiary alicyclic amines) is 1. The number of nitrogens with zero attached hydrogens (tertiary/aromatic N) is 4. The number of piperidine rings is 1. The van der Waals surface area contributed by atoms with Crippen molar-refractivity contribution in [2.75, 3.05) is 31.1 Å². The highest BCUT2D eigenvalue weighted by Gasteiger charge is 2.35. The maximum absolute atomic E-state index is 12.8. The molecule has 1 aromatic heterocycles. The number of hydrogen-bond donors (Lipinski definition) is 0. The molecule has 33 heavy (non-hydrogen) atoms. The van der Waals surface area contributed by atoms with Gasteiger partial charge in [-0.2, -0.15) is 0 Å². The Morgan fingerprint density at radius 2 is 1.91 bits per heavy atom. The van der Waals surface area contributed by atoms with Gasteiger partial charge in [0.05, 0.1) is 6.42 Å². The highest BCUT2D eigenvalue weighted by Crippen LogP contribution is 2.33. The summed E-state index contributed by atoms with van der Waals surface area (Å²) in [5, 5.41) is 0. The number of anilines is 1. The molecular weight excluding hydrogens is 416 g/mol. The Kier molecular flexibility index (Phi) is 6.40. The van der Waals surface area contributed by atoms with Crippen molar-refractivity contribution < 1.29 is 14.3 Å². The third-order valence-corrected chi connectivity index (χ3v) is 7.16. The van der Waals surface area contributed by atoms with Gasteiger partial charge in [-0.1, -0.05) is 30.3 Å². The van der Waals surface area contributed by atoms with Crippen molar-refractivity contribution in [3.63, 3.8) is 0 Å². The van der Waals surface area contributed by atoms with E-state index >= 15 is 0 Å². The molecule has 0 N–H and O–H groups in total. The Balaban J connectivity index is 1.24. The number of rotatable bonds is 6. The Morgan fingerprint density at radius 3 is 2.64 bits per heavy atom. The maximum atomic E-state index is 12.8. The summed E-state index contributed by atoms with van der Waals surface area (Å²) < 4.78 is 5.57. The molecule has 5 rings (SSSR count). The lowest BCUT2D eigenvalue weighted by atomic mass is 9.95. The Morgan fingerprint density at radius 1 is 1.12 bits per heavy atom. The molecule has 2 amide bonds. The number of aryl methyl sites for hydroxylation is 2. The second-order valence-corrected chi connectivity index (χ2v) is 9.38. The smallest absolute Gasteiger partial charge is 0.251 e. The zero-order valence-corrected chi connectivity index (χ0v) is 19.3. The van der Waals surface area contributed by atoms with Crippen LogP contribution in [0.2, 0.25) is 0 Å². The van der Waals surface area contributed by atoms with Gasteiger partial charge in [-0.05, 0) is 51.0 Å². The van der Waals surface area contributed by atoms with E-state index in [1.165, 1.54) is 5.56 Å². The molecule has 174 valence electrons. The van der Waals surface area contributed by atoms with E-state index in [4.69, 9.17) is 14.7 Å². The van der Waals surface area contributed by atoms with Crippen LogP contribution in [0.15, 0.2) is 30.3 Å². The molecule has 0 aliphatic carbocycles. The third kappa shape index (κ3) is 4.64. The number of ether oxygens (including phenoxy) is 1. The number of fused-ring (bicyclic) bond motifs is 1. The van der Waals surface area contributed by atoms with Gasteiger partial charge in [0, 0.05) is 43.4 Å². The molecule has 2 fully saturated rings. The van der Waals surface area contributed by atoms with Gasteiger partial charge < -0.3 is 9.64 Å². The minimum Gasteiger partial charge on any atom is -0.368 e. The van der Waals surface area contributed by atoms with Crippen molar-refractivity contribution in [3.05, 3.63) is 53.0 Å². The summed E-state index contributed by atoms with van der Waals surface area (Å²) in [6.45, 7) is 4.77. The fourth-order valence-electron chi connectivity index (χ4n) is 5.23. The first-order valence-electron chi connectivity index (χ1n) is 12.2. The molecule has 1 unspecified atom stereocenters. The van der Waals surface area contributed by atoms with E-state index < -0.39 is 0 Å². The van der Waals surface area contributed by atoms with E-state index in [-0.39, 0.29) is 23.8 Å². The Hall–Kier alpha value is -2.80. The number of aromatic nitrogens is 2. The molecule has 7 nitrogen and oxygen atoms in total. The molecule has 7 heteroatoms. The lowest BCUT2D eigenvalue weighted by Gasteiger charge is -2.33. The molecule has 4 heterocycles. The summed E-state index contributed by atoms with van der Waals surface area (Å²) in [6, 6.07) is 10.4. The molecule has 0 radical (unpaired) electrons. The first kappa shape index (κ1) is 22.0. The quantitative estimate of drug-likeness (QED) is 0.678. The first-order valence-corrected chi connectivity index (χ1v) is 12.2. The summed E-state index contributed by atoms with van der Waals surface area (Å²) in [6.07, 6.45) is 5.47. The fraction of sp³-hybridized carbons (Fsp3) is 0.538. The van der Waals surface area contributed by atoms with Gasteiger partial charge in [-0.3, -0.25) is 14.5 Å². The molecule has 2 aromatic rings. The number of amides is 2. The molecular formula is C26H32N4O3. The van der Waals surface area contributed by atoms with Crippen molar-refractivity contribution in [3.8, 4) is 0 Å². The summed E-state index contributed by atoms with van der Waals surface area (Å²) in [5.41, 5.74) is 3.16. The third-order valence-electron chi connectivity index (χ3n) is 7.16. The van der Waals surface area contributed by atoms with Gasteiger partial charge in [0.15, 0.2) is 0 Å². The zero-order chi connectivity index (χ0) is 22.8. The lowest BCUT2D eigenvalue weighted by Crippen LogP contribution is -2.43. The second kappa shape index (κ2) is 9.59. The number of carbonyl (C=O) groups is 2. The minimum absolute atomic E-state index is 0.115. The Labute approximate surface area is 195 Å². The van der Waals surface area contributed by atoms with Gasteiger partial charge in [-0.25, -0.2) is 9.97 Å². The second-order valence-electron chi connectivity index (χ2n) is 9.38. The number of benzene rings is 1. The van der Waals surface area contributed by atoms with Crippen LogP contribution in [0.3, 0.4) is 0 Å². The molecule has 0 spiro atoms. The van der Waals surface area contributed by atoms with E-state index in [0.717, 1.165) is 61.4 Å². The van der Waals surface area contributed by atoms with Crippen LogP contribution in [-0.2, 0) is 27.2 Å². The summed E-state index contributed by atoms with van der Waals surface area (Å²) in [4.78, 5) is 38.9. The van der Waals surface area contributed by atoms with Crippen LogP contribution in [0.1, 0.15) is 60.7 Å². The van der Waals surface area contributed by atoms with Crippen molar-refractivity contribution in [2.45, 2.75) is 63.9 Å². The van der Waals surface area contributed by atoms with Gasteiger partial charge in [0.2, 0.25) is 5.91 Å². The minimum atomic E-state index is -0.254. The first-order chi connectivity index (χ1) is 16.1. The monoisotopic (exact) mass is 448 g/mol. The highest BCUT2D eigenvalue weighted by atomic mass is 16.5. The normalized spacial score (nSPS) is 21.0. The molecule has 1 aromatic carbocycles. The standard InChI is InChI=1S/C26H32N4O3/c1-18-21-17-23(31)30(13-5-9-19-7-3-2-4-8-19)25(21)28-24(27-18)20-11-14-29(15-12-20)26(32)22-10-6-16-33-22/h2-4,7-8,20,22H,5-6,9-17H2,1H3. The van der Waals surface area contributed by atoms with Crippen molar-refractivity contribution in [1.82, 2.24) is 14.9 Å². The van der Waals surface area contributed by atoms with Crippen LogP contribution in [0.4, 0.5) is 5.82 Å². The highest BCUT2D eigenvalue weighted by molar-refractivity contribution is 6.00. The average Bonchev–Trinajstić information content (AvgIpc) is 3.48. The zero-order valence-electron chi connectivity index (χ0n) is 19.3. The summed E-state index contributed by atoms with van der Waals surface area (Å²) >= 11 is 0. The van der Waals surface area contributed by atoms with Crippen molar-refractivity contribution in [1.29, 1.82) is 0 Å². The number of hydrogen-bond acceptors (Lipinski definition) is 5. The fourth-order valence-corrected chi connectivity index (χ4v) is 5.23. The van der Waals surface area contributed by atoms with E-state index in [2.05, 4.69) is 12.1 Å². The van der Waals surface area contributed by atoms with Crippen LogP contribution in [0, 0.1) is 6.92 Å². The van der Waals surface area contributed by atoms with E-state index in [1.54, 1.807) is 0 Å². The predicted octanol–water partition coefficient (Wildman–Crippen LogP) is 3.19. The molecule has 1 atom stereocenters. The van der Waals surface area contributed by atoms with Crippen LogP contribution < -0.4 is 4.90 Å². The predicted molar refractivity (Wildman–Crippen MR) is 125 cm³/mol. The van der Waals surface area contributed by atoms with Gasteiger partial charge in [-0.15, -0.1) is 0 Å². The molecule has 3 aliphatic rings. The van der Waals surface area contributed by atoms with Crippen molar-refractivity contribution in [2.24, 2.45) is 0 Å². The van der Waals surface area contributed by atoms with Crippen molar-refractivity contribution >= 4 is 17.6 Å².